The molecule has 0 aliphatic heterocycles. The van der Waals surface area contributed by atoms with Gasteiger partial charge in [-0.15, -0.1) is 10.2 Å². The SMILES string of the molecule is CC(C)(CO)c1nnn(C(C)(C)C)n1. The fourth-order valence-electron chi connectivity index (χ4n) is 0.840. The standard InChI is InChI=1S/C9H18N4O/c1-8(2,3)13-11-7(10-12-13)9(4,5)6-14/h14H,6H2,1-5H3. The smallest absolute Gasteiger partial charge is 0.182 e. The molecular formula is C9H18N4O. The van der Waals surface area contributed by atoms with Crippen LogP contribution in [0.4, 0.5) is 0 Å². The van der Waals surface area contributed by atoms with E-state index in [0.717, 1.165) is 0 Å². The van der Waals surface area contributed by atoms with Gasteiger partial charge < -0.3 is 5.11 Å². The molecule has 1 heterocycles. The number of nitrogens with zero attached hydrogens (tertiary/aromatic N) is 4. The summed E-state index contributed by atoms with van der Waals surface area (Å²) in [5.74, 6) is 0.579. The third-order valence-electron chi connectivity index (χ3n) is 2.01. The van der Waals surface area contributed by atoms with Crippen molar-refractivity contribution in [3.8, 4) is 0 Å². The molecule has 0 fully saturated rings. The van der Waals surface area contributed by atoms with Gasteiger partial charge >= 0.3 is 0 Å². The number of tetrazole rings is 1. The van der Waals surface area contributed by atoms with Gasteiger partial charge in [-0.25, -0.2) is 0 Å². The van der Waals surface area contributed by atoms with Gasteiger partial charge in [0.2, 0.25) is 0 Å². The maximum absolute atomic E-state index is 9.14. The Labute approximate surface area is 84.1 Å². The minimum atomic E-state index is -0.427. The number of hydrogen-bond acceptors (Lipinski definition) is 4. The van der Waals surface area contributed by atoms with Gasteiger partial charge in [-0.3, -0.25) is 0 Å². The van der Waals surface area contributed by atoms with E-state index in [4.69, 9.17) is 5.11 Å². The number of aromatic nitrogens is 4. The van der Waals surface area contributed by atoms with Gasteiger partial charge in [-0.1, -0.05) is 13.8 Å². The summed E-state index contributed by atoms with van der Waals surface area (Å²) in [7, 11) is 0. The Kier molecular flexibility index (Phi) is 2.63. The monoisotopic (exact) mass is 198 g/mol. The highest BCUT2D eigenvalue weighted by Crippen LogP contribution is 2.18. The van der Waals surface area contributed by atoms with E-state index in [2.05, 4.69) is 15.4 Å². The van der Waals surface area contributed by atoms with Crippen molar-refractivity contribution in [3.63, 3.8) is 0 Å². The molecule has 14 heavy (non-hydrogen) atoms. The molecule has 0 radical (unpaired) electrons. The molecule has 5 nitrogen and oxygen atoms in total. The zero-order valence-electron chi connectivity index (χ0n) is 9.44. The number of hydrogen-bond donors (Lipinski definition) is 1. The second kappa shape index (κ2) is 3.31. The molecule has 1 rings (SSSR count). The van der Waals surface area contributed by atoms with Crippen LogP contribution in [0.15, 0.2) is 0 Å². The van der Waals surface area contributed by atoms with Crippen molar-refractivity contribution >= 4 is 0 Å². The second-order valence-electron chi connectivity index (χ2n) is 5.12. The minimum Gasteiger partial charge on any atom is -0.395 e. The molecule has 5 heteroatoms. The molecule has 80 valence electrons. The molecule has 0 aromatic carbocycles. The Balaban J connectivity index is 3.00. The Morgan fingerprint density at radius 1 is 1.21 bits per heavy atom. The lowest BCUT2D eigenvalue weighted by Crippen LogP contribution is -2.27. The van der Waals surface area contributed by atoms with Crippen molar-refractivity contribution in [3.05, 3.63) is 5.82 Å². The van der Waals surface area contributed by atoms with E-state index in [-0.39, 0.29) is 12.1 Å². The van der Waals surface area contributed by atoms with Crippen LogP contribution >= 0.6 is 0 Å². The summed E-state index contributed by atoms with van der Waals surface area (Å²) in [5.41, 5.74) is -0.597. The van der Waals surface area contributed by atoms with Crippen LogP contribution in [0.25, 0.3) is 0 Å². The van der Waals surface area contributed by atoms with Crippen molar-refractivity contribution < 1.29 is 5.11 Å². The van der Waals surface area contributed by atoms with Crippen molar-refractivity contribution in [2.24, 2.45) is 0 Å². The highest BCUT2D eigenvalue weighted by atomic mass is 16.3. The highest BCUT2D eigenvalue weighted by Gasteiger charge is 2.27. The summed E-state index contributed by atoms with van der Waals surface area (Å²) in [5, 5.41) is 21.3. The minimum absolute atomic E-state index is 0.0167. The van der Waals surface area contributed by atoms with E-state index >= 15 is 0 Å². The van der Waals surface area contributed by atoms with E-state index in [1.54, 1.807) is 4.80 Å². The summed E-state index contributed by atoms with van der Waals surface area (Å²) >= 11 is 0. The predicted molar refractivity (Wildman–Crippen MR) is 52.9 cm³/mol. The van der Waals surface area contributed by atoms with Crippen LogP contribution in [-0.2, 0) is 11.0 Å². The summed E-state index contributed by atoms with van der Waals surface area (Å²) in [6.45, 7) is 9.80. The predicted octanol–water partition coefficient (Wildman–Crippen LogP) is 0.698. The molecule has 0 saturated heterocycles. The summed E-state index contributed by atoms with van der Waals surface area (Å²) in [4.78, 5) is 1.57. The first-order valence-corrected chi connectivity index (χ1v) is 4.69. The van der Waals surface area contributed by atoms with Crippen LogP contribution in [0.3, 0.4) is 0 Å². The fourth-order valence-corrected chi connectivity index (χ4v) is 0.840. The molecule has 1 aromatic rings. The largest absolute Gasteiger partial charge is 0.395 e. The second-order valence-corrected chi connectivity index (χ2v) is 5.12. The zero-order chi connectivity index (χ0) is 11.0. The first-order chi connectivity index (χ1) is 6.27. The zero-order valence-corrected chi connectivity index (χ0v) is 9.44. The Morgan fingerprint density at radius 2 is 1.79 bits per heavy atom. The van der Waals surface area contributed by atoms with Crippen LogP contribution in [0.5, 0.6) is 0 Å². The van der Waals surface area contributed by atoms with Crippen LogP contribution < -0.4 is 0 Å². The summed E-state index contributed by atoms with van der Waals surface area (Å²) in [6.07, 6.45) is 0. The van der Waals surface area contributed by atoms with Crippen molar-refractivity contribution in [2.75, 3.05) is 6.61 Å². The van der Waals surface area contributed by atoms with Crippen molar-refractivity contribution in [1.82, 2.24) is 20.2 Å². The Morgan fingerprint density at radius 3 is 2.14 bits per heavy atom. The molecule has 0 saturated carbocycles. The van der Waals surface area contributed by atoms with Crippen molar-refractivity contribution in [1.29, 1.82) is 0 Å². The number of rotatable bonds is 2. The lowest BCUT2D eigenvalue weighted by Gasteiger charge is -2.18. The Hall–Kier alpha value is -0.970. The molecule has 0 aliphatic rings. The molecule has 1 aromatic heterocycles. The molecule has 0 amide bonds. The fraction of sp³-hybridized carbons (Fsp3) is 0.889. The Bertz CT molecular complexity index is 311. The maximum Gasteiger partial charge on any atom is 0.182 e. The van der Waals surface area contributed by atoms with Gasteiger partial charge in [0.15, 0.2) is 5.82 Å². The van der Waals surface area contributed by atoms with Crippen LogP contribution in [-0.4, -0.2) is 31.9 Å². The third-order valence-corrected chi connectivity index (χ3v) is 2.01. The first kappa shape index (κ1) is 11.1. The first-order valence-electron chi connectivity index (χ1n) is 4.69. The molecule has 1 N–H and O–H groups in total. The van der Waals surface area contributed by atoms with E-state index < -0.39 is 5.41 Å². The van der Waals surface area contributed by atoms with Gasteiger partial charge in [0, 0.05) is 0 Å². The normalized spacial score (nSPS) is 13.3. The summed E-state index contributed by atoms with van der Waals surface area (Å²) in [6, 6.07) is 0. The lowest BCUT2D eigenvalue weighted by atomic mass is 9.94. The number of aliphatic hydroxyl groups is 1. The maximum atomic E-state index is 9.14. The van der Waals surface area contributed by atoms with E-state index in [0.29, 0.717) is 5.82 Å². The molecular weight excluding hydrogens is 180 g/mol. The van der Waals surface area contributed by atoms with Crippen LogP contribution in [0.2, 0.25) is 0 Å². The lowest BCUT2D eigenvalue weighted by molar-refractivity contribution is 0.210. The average molecular weight is 198 g/mol. The third kappa shape index (κ3) is 2.09. The van der Waals surface area contributed by atoms with Crippen LogP contribution in [0.1, 0.15) is 40.4 Å². The molecule has 0 aliphatic carbocycles. The topological polar surface area (TPSA) is 63.8 Å². The van der Waals surface area contributed by atoms with Gasteiger partial charge in [0.25, 0.3) is 0 Å². The quantitative estimate of drug-likeness (QED) is 0.759. The van der Waals surface area contributed by atoms with Crippen molar-refractivity contribution in [2.45, 2.75) is 45.6 Å². The van der Waals surface area contributed by atoms with Gasteiger partial charge in [-0.05, 0) is 26.0 Å². The van der Waals surface area contributed by atoms with Gasteiger partial charge in [0.05, 0.1) is 17.6 Å². The summed E-state index contributed by atoms with van der Waals surface area (Å²) < 4.78 is 0. The molecule has 0 bridgehead atoms. The van der Waals surface area contributed by atoms with Gasteiger partial charge in [0.1, 0.15) is 0 Å². The molecule has 0 spiro atoms. The highest BCUT2D eigenvalue weighted by molar-refractivity contribution is 4.99. The van der Waals surface area contributed by atoms with E-state index in [1.165, 1.54) is 0 Å². The van der Waals surface area contributed by atoms with E-state index in [9.17, 15) is 0 Å². The van der Waals surface area contributed by atoms with Gasteiger partial charge in [-0.2, -0.15) is 4.80 Å². The average Bonchev–Trinajstić information content (AvgIpc) is 2.51. The van der Waals surface area contributed by atoms with Crippen LogP contribution in [0, 0.1) is 0 Å². The molecule has 0 unspecified atom stereocenters. The van der Waals surface area contributed by atoms with E-state index in [1.807, 2.05) is 34.6 Å². The number of aliphatic hydroxyl groups excluding tert-OH is 1. The molecule has 0 atom stereocenters.